The van der Waals surface area contributed by atoms with E-state index in [-0.39, 0.29) is 12.5 Å². The molecule has 1 atom stereocenters. The second-order valence-electron chi connectivity index (χ2n) is 7.37. The summed E-state index contributed by atoms with van der Waals surface area (Å²) in [5, 5.41) is 16.7. The molecule has 0 aliphatic carbocycles. The summed E-state index contributed by atoms with van der Waals surface area (Å²) in [6.07, 6.45) is 3.88. The highest BCUT2D eigenvalue weighted by atomic mass is 16.5. The van der Waals surface area contributed by atoms with Gasteiger partial charge in [0.1, 0.15) is 28.6 Å². The van der Waals surface area contributed by atoms with Crippen molar-refractivity contribution in [2.75, 3.05) is 26.9 Å². The van der Waals surface area contributed by atoms with Crippen molar-refractivity contribution < 1.29 is 19.3 Å². The van der Waals surface area contributed by atoms with Gasteiger partial charge in [0.05, 0.1) is 31.8 Å². The monoisotopic (exact) mass is 422 g/mol. The van der Waals surface area contributed by atoms with Crippen molar-refractivity contribution in [3.8, 4) is 17.2 Å². The second kappa shape index (κ2) is 9.09. The molecule has 1 aliphatic heterocycles. The number of aromatic nitrogens is 2. The van der Waals surface area contributed by atoms with Crippen molar-refractivity contribution in [1.29, 1.82) is 5.41 Å². The number of hydrogen-bond acceptors (Lipinski definition) is 7. The van der Waals surface area contributed by atoms with Gasteiger partial charge in [-0.25, -0.2) is 4.98 Å². The number of aromatic amines is 1. The first-order valence-electron chi connectivity index (χ1n) is 10.2. The van der Waals surface area contributed by atoms with Gasteiger partial charge in [-0.1, -0.05) is 0 Å². The van der Waals surface area contributed by atoms with Crippen LogP contribution in [0.25, 0.3) is 16.6 Å². The average Bonchev–Trinajstić information content (AvgIpc) is 3.24. The molecule has 5 N–H and O–H groups in total. The van der Waals surface area contributed by atoms with E-state index in [1.165, 1.54) is 12.4 Å². The Labute approximate surface area is 180 Å². The first-order valence-corrected chi connectivity index (χ1v) is 10.2. The number of hydrogen-bond donors (Lipinski definition) is 4. The molecule has 4 rings (SSSR count). The second-order valence-corrected chi connectivity index (χ2v) is 7.37. The van der Waals surface area contributed by atoms with Gasteiger partial charge >= 0.3 is 0 Å². The number of H-pyrrole nitrogens is 1. The molecule has 0 radical (unpaired) electrons. The fraction of sp³-hybridized carbons (Fsp3) is 0.304. The van der Waals surface area contributed by atoms with Crippen LogP contribution in [0.15, 0.2) is 36.5 Å². The third-order valence-corrected chi connectivity index (χ3v) is 5.36. The zero-order valence-electron chi connectivity index (χ0n) is 17.4. The fourth-order valence-corrected chi connectivity index (χ4v) is 3.72. The molecule has 3 aromatic rings. The summed E-state index contributed by atoms with van der Waals surface area (Å²) in [4.78, 5) is 8.22. The van der Waals surface area contributed by atoms with Gasteiger partial charge in [-0.05, 0) is 47.9 Å². The molecular weight excluding hydrogens is 396 g/mol. The molecule has 8 nitrogen and oxygen atoms in total. The Kier molecular flexibility index (Phi) is 6.08. The summed E-state index contributed by atoms with van der Waals surface area (Å²) >= 11 is 0. The molecule has 0 saturated carbocycles. The molecule has 162 valence electrons. The van der Waals surface area contributed by atoms with E-state index in [2.05, 4.69) is 4.98 Å². The number of nitrogens with two attached hydrogens (primary N) is 1. The number of imidazole rings is 1. The number of methoxy groups -OCH3 is 1. The molecule has 1 aliphatic rings. The van der Waals surface area contributed by atoms with Crippen LogP contribution in [0, 0.1) is 5.41 Å². The number of allylic oxidation sites excluding steroid dienone is 1. The van der Waals surface area contributed by atoms with Crippen molar-refractivity contribution in [2.45, 2.75) is 18.8 Å². The maximum atomic E-state index is 9.09. The molecule has 2 heterocycles. The molecule has 2 aromatic carbocycles. The molecule has 1 unspecified atom stereocenters. The first-order chi connectivity index (χ1) is 15.2. The lowest BCUT2D eigenvalue weighted by molar-refractivity contribution is 0.234. The van der Waals surface area contributed by atoms with Gasteiger partial charge in [0, 0.05) is 31.0 Å². The highest BCUT2D eigenvalue weighted by molar-refractivity contribution is 6.09. The van der Waals surface area contributed by atoms with Crippen molar-refractivity contribution >= 4 is 22.8 Å². The van der Waals surface area contributed by atoms with Crippen LogP contribution in [0.4, 0.5) is 0 Å². The third kappa shape index (κ3) is 4.20. The largest absolute Gasteiger partial charge is 0.497 e. The standard InChI is InChI=1S/C23H26N4O4/c1-29-18-3-4-20-15(8-18)7-16(13-31-20)23-26-19-9-14(17(11-24)12-25)10-21(22(19)27-23)30-6-2-5-28/h3-4,8-12,16,24,28H,2,5-7,13,25H2,1H3,(H,26,27)/b17-12+,24-11?. The summed E-state index contributed by atoms with van der Waals surface area (Å²) < 4.78 is 17.2. The maximum Gasteiger partial charge on any atom is 0.147 e. The topological polar surface area (TPSA) is 126 Å². The Balaban J connectivity index is 1.70. The third-order valence-electron chi connectivity index (χ3n) is 5.36. The molecular formula is C23H26N4O4. The van der Waals surface area contributed by atoms with E-state index >= 15 is 0 Å². The molecule has 0 amide bonds. The Hall–Kier alpha value is -3.52. The maximum absolute atomic E-state index is 9.09. The van der Waals surface area contributed by atoms with Crippen LogP contribution in [0.2, 0.25) is 0 Å². The van der Waals surface area contributed by atoms with Crippen LogP contribution in [0.3, 0.4) is 0 Å². The lowest BCUT2D eigenvalue weighted by Gasteiger charge is -2.24. The number of fused-ring (bicyclic) bond motifs is 2. The van der Waals surface area contributed by atoms with Crippen LogP contribution >= 0.6 is 0 Å². The lowest BCUT2D eigenvalue weighted by atomic mass is 9.96. The van der Waals surface area contributed by atoms with Gasteiger partial charge in [-0.15, -0.1) is 0 Å². The SMILES string of the molecule is COc1ccc2c(c1)CC(c1nc3c(OCCCO)cc(/C(C=N)=C/N)cc3[nH]1)CO2. The normalized spacial score (nSPS) is 15.9. The number of aliphatic hydroxyl groups is 1. The van der Waals surface area contributed by atoms with Gasteiger partial charge in [0.25, 0.3) is 0 Å². The van der Waals surface area contributed by atoms with Crippen molar-refractivity contribution in [3.63, 3.8) is 0 Å². The zero-order valence-corrected chi connectivity index (χ0v) is 17.4. The number of rotatable bonds is 8. The van der Waals surface area contributed by atoms with E-state index < -0.39 is 0 Å². The van der Waals surface area contributed by atoms with Gasteiger partial charge in [0.2, 0.25) is 0 Å². The van der Waals surface area contributed by atoms with Crippen molar-refractivity contribution in [1.82, 2.24) is 9.97 Å². The van der Waals surface area contributed by atoms with E-state index in [0.29, 0.717) is 36.5 Å². The molecule has 31 heavy (non-hydrogen) atoms. The minimum atomic E-state index is 0.0470. The summed E-state index contributed by atoms with van der Waals surface area (Å²) in [5.41, 5.74) is 9.59. The predicted octanol–water partition coefficient (Wildman–Crippen LogP) is 3.00. The lowest BCUT2D eigenvalue weighted by Crippen LogP contribution is -2.20. The van der Waals surface area contributed by atoms with E-state index in [4.69, 9.17) is 35.4 Å². The van der Waals surface area contributed by atoms with Gasteiger partial charge in [0.15, 0.2) is 0 Å². The summed E-state index contributed by atoms with van der Waals surface area (Å²) in [6, 6.07) is 9.55. The number of aliphatic hydroxyl groups excluding tert-OH is 1. The van der Waals surface area contributed by atoms with Crippen LogP contribution in [0.5, 0.6) is 17.2 Å². The minimum Gasteiger partial charge on any atom is -0.497 e. The quantitative estimate of drug-likeness (QED) is 0.327. The summed E-state index contributed by atoms with van der Waals surface area (Å²) in [6.45, 7) is 0.926. The van der Waals surface area contributed by atoms with Crippen LogP contribution in [-0.4, -0.2) is 48.2 Å². The highest BCUT2D eigenvalue weighted by Gasteiger charge is 2.25. The summed E-state index contributed by atoms with van der Waals surface area (Å²) in [7, 11) is 1.65. The van der Waals surface area contributed by atoms with Gasteiger partial charge in [-0.2, -0.15) is 0 Å². The molecule has 0 saturated heterocycles. The fourth-order valence-electron chi connectivity index (χ4n) is 3.72. The molecule has 0 bridgehead atoms. The Morgan fingerprint density at radius 2 is 2.26 bits per heavy atom. The Morgan fingerprint density at radius 3 is 3.00 bits per heavy atom. The zero-order chi connectivity index (χ0) is 21.8. The van der Waals surface area contributed by atoms with Crippen LogP contribution in [-0.2, 0) is 6.42 Å². The summed E-state index contributed by atoms with van der Waals surface area (Å²) in [5.74, 6) is 3.11. The van der Waals surface area contributed by atoms with E-state index in [1.54, 1.807) is 7.11 Å². The number of ether oxygens (including phenoxy) is 3. The van der Waals surface area contributed by atoms with Crippen LogP contribution < -0.4 is 19.9 Å². The average molecular weight is 422 g/mol. The highest BCUT2D eigenvalue weighted by Crippen LogP contribution is 2.36. The number of benzene rings is 2. The molecule has 0 fully saturated rings. The number of nitrogens with one attached hydrogen (secondary N) is 2. The van der Waals surface area contributed by atoms with Crippen molar-refractivity contribution in [2.24, 2.45) is 5.73 Å². The predicted molar refractivity (Wildman–Crippen MR) is 119 cm³/mol. The molecule has 8 heteroatoms. The smallest absolute Gasteiger partial charge is 0.147 e. The Morgan fingerprint density at radius 1 is 1.39 bits per heavy atom. The van der Waals surface area contributed by atoms with Gasteiger partial charge in [-0.3, -0.25) is 0 Å². The Bertz CT molecular complexity index is 1120. The molecule has 1 aromatic heterocycles. The minimum absolute atomic E-state index is 0.0470. The van der Waals surface area contributed by atoms with E-state index in [9.17, 15) is 0 Å². The van der Waals surface area contributed by atoms with Crippen LogP contribution in [0.1, 0.15) is 29.3 Å². The van der Waals surface area contributed by atoms with Gasteiger partial charge < -0.3 is 35.4 Å². The molecule has 0 spiro atoms. The van der Waals surface area contributed by atoms with E-state index in [1.807, 2.05) is 30.3 Å². The van der Waals surface area contributed by atoms with Crippen molar-refractivity contribution in [3.05, 3.63) is 53.5 Å². The first kappa shape index (κ1) is 20.7. The van der Waals surface area contributed by atoms with E-state index in [0.717, 1.165) is 40.4 Å². The number of nitrogens with zero attached hydrogens (tertiary/aromatic N) is 1.